The van der Waals surface area contributed by atoms with E-state index in [2.05, 4.69) is 4.84 Å². The van der Waals surface area contributed by atoms with Gasteiger partial charge in [0.15, 0.2) is 5.75 Å². The summed E-state index contributed by atoms with van der Waals surface area (Å²) in [6.45, 7) is 0. The van der Waals surface area contributed by atoms with E-state index in [9.17, 15) is 5.21 Å². The van der Waals surface area contributed by atoms with Gasteiger partial charge in [-0.1, -0.05) is 18.2 Å². The van der Waals surface area contributed by atoms with Gasteiger partial charge in [0, 0.05) is 0 Å². The van der Waals surface area contributed by atoms with Crippen molar-refractivity contribution in [3.8, 4) is 5.75 Å². The Balaban J connectivity index is 2.61. The maximum atomic E-state index is 9.75. The summed E-state index contributed by atoms with van der Waals surface area (Å²) in [4.78, 5) is 4.53. The topological polar surface area (TPSA) is 48.9 Å². The van der Waals surface area contributed by atoms with Crippen LogP contribution in [0.4, 0.5) is 0 Å². The first-order chi connectivity index (χ1) is 4.43. The van der Waals surface area contributed by atoms with Gasteiger partial charge in [-0.05, 0) is 12.1 Å². The third kappa shape index (κ3) is 1.71. The van der Waals surface area contributed by atoms with Crippen LogP contribution in [-0.2, 0) is 0 Å². The van der Waals surface area contributed by atoms with E-state index in [1.807, 2.05) is 6.07 Å². The van der Waals surface area contributed by atoms with Crippen LogP contribution < -0.4 is 10.5 Å². The van der Waals surface area contributed by atoms with Crippen molar-refractivity contribution in [3.63, 3.8) is 0 Å². The van der Waals surface area contributed by atoms with Crippen LogP contribution in [-0.4, -0.2) is 0 Å². The van der Waals surface area contributed by atoms with E-state index in [0.717, 1.165) is 0 Å². The second-order valence-corrected chi connectivity index (χ2v) is 1.53. The van der Waals surface area contributed by atoms with Gasteiger partial charge in [-0.3, -0.25) is 0 Å². The lowest BCUT2D eigenvalue weighted by Gasteiger charge is -2.00. The molecule has 1 aromatic rings. The summed E-state index contributed by atoms with van der Waals surface area (Å²) in [6, 6.07) is 8.90. The van der Waals surface area contributed by atoms with Gasteiger partial charge in [-0.15, -0.1) is 0 Å². The largest absolute Gasteiger partial charge is 0.592 e. The summed E-state index contributed by atoms with van der Waals surface area (Å²) in [5, 5.41) is 9.75. The zero-order chi connectivity index (χ0) is 6.53. The predicted octanol–water partition coefficient (Wildman–Crippen LogP) is 0.0416. The highest BCUT2D eigenvalue weighted by Gasteiger charge is 1.85. The van der Waals surface area contributed by atoms with Crippen molar-refractivity contribution in [1.82, 2.24) is 0 Å². The molecule has 3 nitrogen and oxygen atoms in total. The average Bonchev–Trinajstić information content (AvgIpc) is 1.91. The molecule has 0 spiro atoms. The fraction of sp³-hybridized carbons (Fsp3) is 0. The first-order valence-corrected chi connectivity index (χ1v) is 2.59. The lowest BCUT2D eigenvalue weighted by molar-refractivity contribution is -0.808. The Kier molecular flexibility index (Phi) is 2.06. The van der Waals surface area contributed by atoms with Gasteiger partial charge in [0.1, 0.15) is 0 Å². The summed E-state index contributed by atoms with van der Waals surface area (Å²) in [5.41, 5.74) is 0.412. The maximum Gasteiger partial charge on any atom is 0.190 e. The van der Waals surface area contributed by atoms with Crippen LogP contribution in [0.1, 0.15) is 0 Å². The number of hydrogen-bond acceptors (Lipinski definition) is 2. The molecule has 0 radical (unpaired) electrons. The number of para-hydroxylation sites is 1. The summed E-state index contributed by atoms with van der Waals surface area (Å²) in [7, 11) is 0. The Morgan fingerprint density at radius 3 is 2.44 bits per heavy atom. The van der Waals surface area contributed by atoms with Crippen molar-refractivity contribution in [1.29, 1.82) is 0 Å². The fourth-order valence-corrected chi connectivity index (χ4v) is 0.555. The molecule has 1 aromatic carbocycles. The third-order valence-corrected chi connectivity index (χ3v) is 0.927. The molecule has 9 heavy (non-hydrogen) atoms. The van der Waals surface area contributed by atoms with Crippen molar-refractivity contribution in [2.45, 2.75) is 0 Å². The molecular weight excluding hydrogens is 118 g/mol. The van der Waals surface area contributed by atoms with Gasteiger partial charge >= 0.3 is 0 Å². The molecule has 3 heteroatoms. The molecule has 1 rings (SSSR count). The molecule has 0 aromatic heterocycles. The van der Waals surface area contributed by atoms with E-state index in [1.54, 1.807) is 24.3 Å². The molecule has 0 amide bonds. The standard InChI is InChI=1S/C6H7NO2/c8-7-9-6-4-2-1-3-5-6/h1-5H,7H2. The summed E-state index contributed by atoms with van der Waals surface area (Å²) in [6.07, 6.45) is 0. The number of quaternary nitrogens is 1. The molecule has 0 aliphatic heterocycles. The highest BCUT2D eigenvalue weighted by Crippen LogP contribution is 2.04. The minimum atomic E-state index is 0.412. The van der Waals surface area contributed by atoms with Gasteiger partial charge in [-0.2, -0.15) is 5.64 Å². The fourth-order valence-electron chi connectivity index (χ4n) is 0.555. The van der Waals surface area contributed by atoms with Crippen LogP contribution in [0, 0.1) is 5.21 Å². The summed E-state index contributed by atoms with van der Waals surface area (Å²) >= 11 is 0. The Morgan fingerprint density at radius 1 is 1.22 bits per heavy atom. The molecule has 0 heterocycles. The minimum absolute atomic E-state index is 0.412. The highest BCUT2D eigenvalue weighted by molar-refractivity contribution is 5.19. The van der Waals surface area contributed by atoms with E-state index in [0.29, 0.717) is 11.4 Å². The van der Waals surface area contributed by atoms with Crippen LogP contribution in [0.5, 0.6) is 5.75 Å². The molecular formula is C6H7NO2. The van der Waals surface area contributed by atoms with E-state index < -0.39 is 0 Å². The normalized spacial score (nSPS) is 9.00. The van der Waals surface area contributed by atoms with Gasteiger partial charge in [0.2, 0.25) is 0 Å². The number of rotatable bonds is 2. The molecule has 0 bridgehead atoms. The molecule has 0 saturated heterocycles. The second-order valence-electron chi connectivity index (χ2n) is 1.53. The first-order valence-electron chi connectivity index (χ1n) is 2.59. The van der Waals surface area contributed by atoms with Gasteiger partial charge < -0.3 is 10.0 Å². The Bertz CT molecular complexity index is 164. The van der Waals surface area contributed by atoms with Crippen molar-refractivity contribution >= 4 is 0 Å². The predicted molar refractivity (Wildman–Crippen MR) is 32.4 cm³/mol. The number of hydrogen-bond donors (Lipinski definition) is 1. The van der Waals surface area contributed by atoms with Crippen LogP contribution in [0.3, 0.4) is 0 Å². The zero-order valence-corrected chi connectivity index (χ0v) is 4.78. The van der Waals surface area contributed by atoms with Crippen LogP contribution >= 0.6 is 0 Å². The van der Waals surface area contributed by atoms with Crippen molar-refractivity contribution in [3.05, 3.63) is 35.5 Å². The number of benzene rings is 1. The quantitative estimate of drug-likeness (QED) is 0.567. The second kappa shape index (κ2) is 3.06. The van der Waals surface area contributed by atoms with Crippen LogP contribution in [0.15, 0.2) is 30.3 Å². The van der Waals surface area contributed by atoms with E-state index >= 15 is 0 Å². The lowest BCUT2D eigenvalue weighted by atomic mass is 10.3. The molecule has 48 valence electrons. The van der Waals surface area contributed by atoms with E-state index in [4.69, 9.17) is 0 Å². The van der Waals surface area contributed by atoms with E-state index in [-0.39, 0.29) is 0 Å². The summed E-state index contributed by atoms with van der Waals surface area (Å²) in [5.74, 6) is 0.576. The average molecular weight is 125 g/mol. The van der Waals surface area contributed by atoms with Crippen molar-refractivity contribution in [2.75, 3.05) is 0 Å². The molecule has 2 N–H and O–H groups in total. The lowest BCUT2D eigenvalue weighted by Crippen LogP contribution is -2.80. The minimum Gasteiger partial charge on any atom is -0.592 e. The molecule has 0 aliphatic carbocycles. The Hall–Kier alpha value is -1.06. The van der Waals surface area contributed by atoms with Gasteiger partial charge in [0.05, 0.1) is 0 Å². The van der Waals surface area contributed by atoms with E-state index in [1.165, 1.54) is 0 Å². The SMILES string of the molecule is [O-][NH2+]Oc1ccccc1. The van der Waals surface area contributed by atoms with Crippen LogP contribution in [0.2, 0.25) is 0 Å². The Morgan fingerprint density at radius 2 is 1.89 bits per heavy atom. The van der Waals surface area contributed by atoms with Crippen LogP contribution in [0.25, 0.3) is 0 Å². The monoisotopic (exact) mass is 125 g/mol. The highest BCUT2D eigenvalue weighted by atomic mass is 16.8. The molecule has 0 aliphatic rings. The summed E-state index contributed by atoms with van der Waals surface area (Å²) < 4.78 is 0. The molecule has 0 saturated carbocycles. The molecule has 0 unspecified atom stereocenters. The van der Waals surface area contributed by atoms with Crippen molar-refractivity contribution in [2.24, 2.45) is 0 Å². The third-order valence-electron chi connectivity index (χ3n) is 0.927. The van der Waals surface area contributed by atoms with Crippen molar-refractivity contribution < 1.29 is 10.5 Å². The Labute approximate surface area is 52.8 Å². The van der Waals surface area contributed by atoms with Gasteiger partial charge in [-0.25, -0.2) is 0 Å². The molecule has 0 atom stereocenters. The smallest absolute Gasteiger partial charge is 0.190 e. The number of nitrogens with two attached hydrogens (primary N) is 1. The maximum absolute atomic E-state index is 9.75. The van der Waals surface area contributed by atoms with Gasteiger partial charge in [0.25, 0.3) is 0 Å². The zero-order valence-electron chi connectivity index (χ0n) is 4.78. The molecule has 0 fully saturated rings. The first kappa shape index (κ1) is 6.07.